The van der Waals surface area contributed by atoms with Crippen LogP contribution in [0.5, 0.6) is 5.75 Å². The minimum atomic E-state index is 0.452. The van der Waals surface area contributed by atoms with Crippen molar-refractivity contribution < 1.29 is 9.47 Å². The number of rotatable bonds is 8. The topological polar surface area (TPSA) is 56.8 Å². The highest BCUT2D eigenvalue weighted by Gasteiger charge is 2.09. The van der Waals surface area contributed by atoms with Crippen molar-refractivity contribution in [1.82, 2.24) is 0 Å². The van der Waals surface area contributed by atoms with Crippen molar-refractivity contribution in [2.45, 2.75) is 20.0 Å². The first kappa shape index (κ1) is 19.1. The quantitative estimate of drug-likeness (QED) is 0.524. The number of hydrogen-bond acceptors (Lipinski definition) is 4. The van der Waals surface area contributed by atoms with E-state index in [2.05, 4.69) is 20.9 Å². The number of aliphatic imine (C=N–C) groups is 1. The molecular formula is C20H23BrN2O2. The van der Waals surface area contributed by atoms with Crippen molar-refractivity contribution in [2.75, 3.05) is 13.7 Å². The molecule has 4 nitrogen and oxygen atoms in total. The molecular weight excluding hydrogens is 380 g/mol. The predicted molar refractivity (Wildman–Crippen MR) is 106 cm³/mol. The minimum Gasteiger partial charge on any atom is -0.497 e. The Morgan fingerprint density at radius 3 is 2.32 bits per heavy atom. The Morgan fingerprint density at radius 2 is 1.72 bits per heavy atom. The molecule has 0 heterocycles. The molecule has 25 heavy (non-hydrogen) atoms. The number of halogens is 1. The van der Waals surface area contributed by atoms with Gasteiger partial charge in [-0.3, -0.25) is 4.99 Å². The smallest absolute Gasteiger partial charge is 0.170 e. The Hall–Kier alpha value is -2.27. The molecule has 0 fully saturated rings. The first-order valence-corrected chi connectivity index (χ1v) is 8.85. The van der Waals surface area contributed by atoms with E-state index in [1.165, 1.54) is 5.56 Å². The molecule has 0 aliphatic rings. The van der Waals surface area contributed by atoms with E-state index < -0.39 is 0 Å². The third-order valence-electron chi connectivity index (χ3n) is 3.58. The van der Waals surface area contributed by atoms with Gasteiger partial charge in [0.2, 0.25) is 0 Å². The van der Waals surface area contributed by atoms with Crippen LogP contribution in [0.1, 0.15) is 18.1 Å². The third kappa shape index (κ3) is 6.27. The Kier molecular flexibility index (Phi) is 7.54. The molecule has 0 bridgehead atoms. The molecule has 2 aromatic carbocycles. The third-order valence-corrected chi connectivity index (χ3v) is 4.19. The highest BCUT2D eigenvalue weighted by atomic mass is 79.9. The molecule has 0 aliphatic heterocycles. The maximum absolute atomic E-state index is 5.95. The number of allylic oxidation sites excluding steroid dienone is 2. The van der Waals surface area contributed by atoms with Gasteiger partial charge in [0.25, 0.3) is 0 Å². The molecule has 2 rings (SSSR count). The largest absolute Gasteiger partial charge is 0.497 e. The summed E-state index contributed by atoms with van der Waals surface area (Å²) in [7, 11) is 1.66. The molecule has 0 radical (unpaired) electrons. The fourth-order valence-corrected chi connectivity index (χ4v) is 2.82. The fraction of sp³-hybridized carbons (Fsp3) is 0.250. The van der Waals surface area contributed by atoms with Crippen molar-refractivity contribution in [3.8, 4) is 5.75 Å². The maximum atomic E-state index is 5.95. The van der Waals surface area contributed by atoms with E-state index in [1.807, 2.05) is 54.6 Å². The second-order valence-corrected chi connectivity index (χ2v) is 6.31. The van der Waals surface area contributed by atoms with Gasteiger partial charge in [0, 0.05) is 6.54 Å². The van der Waals surface area contributed by atoms with Gasteiger partial charge in [-0.15, -0.1) is 0 Å². The lowest BCUT2D eigenvalue weighted by Crippen LogP contribution is -2.09. The summed E-state index contributed by atoms with van der Waals surface area (Å²) in [5.41, 5.74) is 8.82. The SMILES string of the molecule is COc1ccc(CCN=C(Br)/C(OCc2ccccc2)=C(/C)N)cc1. The second-order valence-electron chi connectivity index (χ2n) is 5.56. The number of ether oxygens (including phenoxy) is 2. The van der Waals surface area contributed by atoms with Crippen molar-refractivity contribution >= 4 is 20.6 Å². The van der Waals surface area contributed by atoms with Gasteiger partial charge < -0.3 is 15.2 Å². The molecule has 0 saturated carbocycles. The monoisotopic (exact) mass is 402 g/mol. The van der Waals surface area contributed by atoms with E-state index in [0.717, 1.165) is 17.7 Å². The van der Waals surface area contributed by atoms with Crippen LogP contribution in [0.25, 0.3) is 0 Å². The summed E-state index contributed by atoms with van der Waals surface area (Å²) in [5.74, 6) is 1.44. The number of nitrogens with zero attached hydrogens (tertiary/aromatic N) is 1. The molecule has 2 N–H and O–H groups in total. The number of hydrogen-bond donors (Lipinski definition) is 1. The predicted octanol–water partition coefficient (Wildman–Crippen LogP) is 4.44. The Bertz CT molecular complexity index is 721. The number of methoxy groups -OCH3 is 1. The Balaban J connectivity index is 1.93. The van der Waals surface area contributed by atoms with Crippen molar-refractivity contribution in [3.63, 3.8) is 0 Å². The molecule has 2 aromatic rings. The van der Waals surface area contributed by atoms with Gasteiger partial charge in [0.05, 0.1) is 12.8 Å². The fourth-order valence-electron chi connectivity index (χ4n) is 2.21. The lowest BCUT2D eigenvalue weighted by Gasteiger charge is -2.11. The van der Waals surface area contributed by atoms with E-state index in [9.17, 15) is 0 Å². The molecule has 5 heteroatoms. The zero-order valence-electron chi connectivity index (χ0n) is 14.5. The van der Waals surface area contributed by atoms with E-state index in [1.54, 1.807) is 14.0 Å². The lowest BCUT2D eigenvalue weighted by atomic mass is 10.1. The van der Waals surface area contributed by atoms with Crippen LogP contribution in [-0.2, 0) is 17.8 Å². The summed E-state index contributed by atoms with van der Waals surface area (Å²) in [6.45, 7) is 2.90. The molecule has 0 aromatic heterocycles. The highest BCUT2D eigenvalue weighted by Crippen LogP contribution is 2.15. The van der Waals surface area contributed by atoms with E-state index in [-0.39, 0.29) is 0 Å². The van der Waals surface area contributed by atoms with Gasteiger partial charge in [0.1, 0.15) is 17.0 Å². The minimum absolute atomic E-state index is 0.452. The van der Waals surface area contributed by atoms with Gasteiger partial charge in [-0.2, -0.15) is 0 Å². The average Bonchev–Trinajstić information content (AvgIpc) is 2.63. The van der Waals surface area contributed by atoms with Crippen LogP contribution in [0.15, 0.2) is 71.0 Å². The highest BCUT2D eigenvalue weighted by molar-refractivity contribution is 9.18. The van der Waals surface area contributed by atoms with Crippen LogP contribution in [0.2, 0.25) is 0 Å². The summed E-state index contributed by atoms with van der Waals surface area (Å²) >= 11 is 3.48. The van der Waals surface area contributed by atoms with E-state index in [0.29, 0.717) is 29.2 Å². The molecule has 0 spiro atoms. The van der Waals surface area contributed by atoms with Gasteiger partial charge in [-0.1, -0.05) is 42.5 Å². The number of nitrogens with two attached hydrogens (primary N) is 1. The zero-order chi connectivity index (χ0) is 18.1. The summed E-state index contributed by atoms with van der Waals surface area (Å²) in [4.78, 5) is 4.54. The van der Waals surface area contributed by atoms with Gasteiger partial charge >= 0.3 is 0 Å². The van der Waals surface area contributed by atoms with Crippen molar-refractivity contribution in [3.05, 3.63) is 77.2 Å². The summed E-state index contributed by atoms with van der Waals surface area (Å²) < 4.78 is 11.6. The first-order valence-electron chi connectivity index (χ1n) is 8.06. The van der Waals surface area contributed by atoms with Gasteiger partial charge in [0.15, 0.2) is 5.76 Å². The summed E-state index contributed by atoms with van der Waals surface area (Å²) in [6.07, 6.45) is 0.828. The summed E-state index contributed by atoms with van der Waals surface area (Å²) in [5, 5.41) is 0. The van der Waals surface area contributed by atoms with Crippen LogP contribution in [0.3, 0.4) is 0 Å². The second kappa shape index (κ2) is 9.89. The Morgan fingerprint density at radius 1 is 1.04 bits per heavy atom. The molecule has 132 valence electrons. The number of benzene rings is 2. The van der Waals surface area contributed by atoms with Crippen LogP contribution >= 0.6 is 15.9 Å². The van der Waals surface area contributed by atoms with E-state index in [4.69, 9.17) is 15.2 Å². The van der Waals surface area contributed by atoms with Gasteiger partial charge in [-0.05, 0) is 52.5 Å². The molecule has 0 atom stereocenters. The van der Waals surface area contributed by atoms with Crippen molar-refractivity contribution in [1.29, 1.82) is 0 Å². The maximum Gasteiger partial charge on any atom is 0.170 e. The van der Waals surface area contributed by atoms with Crippen LogP contribution in [0, 0.1) is 0 Å². The van der Waals surface area contributed by atoms with Crippen LogP contribution in [0.4, 0.5) is 0 Å². The van der Waals surface area contributed by atoms with Crippen LogP contribution in [-0.4, -0.2) is 18.3 Å². The first-order chi connectivity index (χ1) is 12.1. The van der Waals surface area contributed by atoms with E-state index >= 15 is 0 Å². The average molecular weight is 403 g/mol. The summed E-state index contributed by atoms with van der Waals surface area (Å²) in [6, 6.07) is 17.9. The zero-order valence-corrected chi connectivity index (χ0v) is 16.1. The normalized spacial score (nSPS) is 12.5. The molecule has 0 amide bonds. The molecule has 0 aliphatic carbocycles. The molecule has 0 unspecified atom stereocenters. The van der Waals surface area contributed by atoms with Crippen molar-refractivity contribution in [2.24, 2.45) is 10.7 Å². The Labute approximate surface area is 157 Å². The van der Waals surface area contributed by atoms with Crippen LogP contribution < -0.4 is 10.5 Å². The molecule has 0 saturated heterocycles. The lowest BCUT2D eigenvalue weighted by molar-refractivity contribution is 0.215. The standard InChI is InChI=1S/C20H23BrN2O2/c1-15(22)19(25-14-17-6-4-3-5-7-17)20(21)23-13-12-16-8-10-18(24-2)11-9-16/h3-11H,12-14,22H2,1-2H3/b19-15+,23-20?. The van der Waals surface area contributed by atoms with Gasteiger partial charge in [-0.25, -0.2) is 0 Å².